The van der Waals surface area contributed by atoms with Crippen molar-refractivity contribution in [2.45, 2.75) is 43.7 Å². The van der Waals surface area contributed by atoms with E-state index in [0.717, 1.165) is 17.9 Å². The van der Waals surface area contributed by atoms with Crippen molar-refractivity contribution < 1.29 is 24.8 Å². The molecule has 5 atom stereocenters. The smallest absolute Gasteiger partial charge is 0.228 e. The summed E-state index contributed by atoms with van der Waals surface area (Å²) in [6.45, 7) is 6.70. The second-order valence-corrected chi connectivity index (χ2v) is 7.48. The van der Waals surface area contributed by atoms with Gasteiger partial charge in [0.25, 0.3) is 0 Å². The minimum atomic E-state index is -1.71. The number of fused-ring (bicyclic) bond motifs is 1. The molecule has 20 heavy (non-hydrogen) atoms. The third-order valence-electron chi connectivity index (χ3n) is 3.17. The zero-order valence-corrected chi connectivity index (χ0v) is 13.0. The van der Waals surface area contributed by atoms with Gasteiger partial charge in [0.15, 0.2) is 12.4 Å². The first-order chi connectivity index (χ1) is 9.50. The number of hydrogen-bond acceptors (Lipinski definition) is 8. The molecule has 0 amide bonds. The average molecular weight is 323 g/mol. The van der Waals surface area contributed by atoms with E-state index in [9.17, 15) is 15.3 Å². The van der Waals surface area contributed by atoms with Crippen LogP contribution in [0.4, 0.5) is 0 Å². The number of rotatable bonds is 8. The zero-order chi connectivity index (χ0) is 14.8. The van der Waals surface area contributed by atoms with Crippen LogP contribution >= 0.6 is 21.6 Å². The fourth-order valence-electron chi connectivity index (χ4n) is 2.01. The fourth-order valence-corrected chi connectivity index (χ4v) is 4.05. The van der Waals surface area contributed by atoms with Gasteiger partial charge in [-0.1, -0.05) is 35.1 Å². The molecule has 116 valence electrons. The number of aliphatic hydroxyl groups is 3. The maximum Gasteiger partial charge on any atom is 0.228 e. The molecule has 2 aliphatic heterocycles. The van der Waals surface area contributed by atoms with Gasteiger partial charge in [-0.2, -0.15) is 0 Å². The summed E-state index contributed by atoms with van der Waals surface area (Å²) in [6, 6.07) is 0. The van der Waals surface area contributed by atoms with Crippen molar-refractivity contribution in [2.24, 2.45) is 0 Å². The molecule has 0 bridgehead atoms. The van der Waals surface area contributed by atoms with Crippen molar-refractivity contribution >= 4 is 21.6 Å². The summed E-state index contributed by atoms with van der Waals surface area (Å²) in [4.78, 5) is 0. The summed E-state index contributed by atoms with van der Waals surface area (Å²) in [5.41, 5.74) is 0.540. The predicted molar refractivity (Wildman–Crippen MR) is 79.1 cm³/mol. The average Bonchev–Trinajstić information content (AvgIpc) is 3.11. The Morgan fingerprint density at radius 1 is 1.35 bits per heavy atom. The Bertz CT molecular complexity index is 359. The third kappa shape index (κ3) is 3.44. The Morgan fingerprint density at radius 2 is 2.05 bits per heavy atom. The van der Waals surface area contributed by atoms with E-state index in [1.807, 2.05) is 10.8 Å². The van der Waals surface area contributed by atoms with E-state index in [0.29, 0.717) is 12.2 Å². The Labute approximate surface area is 126 Å². The maximum absolute atomic E-state index is 9.89. The third-order valence-corrected chi connectivity index (χ3v) is 5.79. The lowest BCUT2D eigenvalue weighted by atomic mass is 10.0. The molecule has 0 aliphatic carbocycles. The molecule has 2 rings (SSSR count). The molecule has 0 saturated carbocycles. The van der Waals surface area contributed by atoms with Gasteiger partial charge < -0.3 is 30.1 Å². The van der Waals surface area contributed by atoms with E-state index >= 15 is 0 Å². The summed E-state index contributed by atoms with van der Waals surface area (Å²) in [5.74, 6) is 0.334. The van der Waals surface area contributed by atoms with Gasteiger partial charge >= 0.3 is 0 Å². The molecular weight excluding hydrogens is 302 g/mol. The van der Waals surface area contributed by atoms with Crippen LogP contribution in [0, 0.1) is 0 Å². The molecule has 0 radical (unpaired) electrons. The molecule has 2 unspecified atom stereocenters. The van der Waals surface area contributed by atoms with E-state index in [-0.39, 0.29) is 0 Å². The van der Waals surface area contributed by atoms with Gasteiger partial charge in [-0.15, -0.1) is 0 Å². The molecule has 0 aromatic heterocycles. The molecule has 8 heteroatoms. The predicted octanol–water partition coefficient (Wildman–Crippen LogP) is 0.0466. The second kappa shape index (κ2) is 6.87. The highest BCUT2D eigenvalue weighted by Crippen LogP contribution is 2.46. The van der Waals surface area contributed by atoms with Gasteiger partial charge in [0.1, 0.15) is 12.2 Å². The number of epoxide rings is 1. The standard InChI is InChI=1S/C12H21NO5S2/c1-3-5-19-20-6-4-13-7(2)8-10-12(16,18-10)9(14)11(15)17-8/h8-11,13-16H,2-6H2,1H3/t8?,9-,10-,11?,12-/m1/s1. The molecular formula is C12H21NO5S2. The maximum atomic E-state index is 9.89. The molecule has 0 spiro atoms. The Morgan fingerprint density at radius 3 is 2.75 bits per heavy atom. The van der Waals surface area contributed by atoms with Crippen molar-refractivity contribution in [3.8, 4) is 0 Å². The summed E-state index contributed by atoms with van der Waals surface area (Å²) in [5, 5.41) is 32.1. The molecule has 2 fully saturated rings. The van der Waals surface area contributed by atoms with Gasteiger partial charge in [-0.25, -0.2) is 0 Å². The summed E-state index contributed by atoms with van der Waals surface area (Å²) < 4.78 is 10.3. The van der Waals surface area contributed by atoms with Crippen molar-refractivity contribution in [2.75, 3.05) is 18.1 Å². The monoisotopic (exact) mass is 323 g/mol. The van der Waals surface area contributed by atoms with Crippen LogP contribution in [0.2, 0.25) is 0 Å². The molecule has 2 saturated heterocycles. The van der Waals surface area contributed by atoms with E-state index in [4.69, 9.17) is 9.47 Å². The number of aliphatic hydroxyl groups excluding tert-OH is 2. The Kier molecular flexibility index (Phi) is 5.63. The molecule has 0 aromatic rings. The first-order valence-corrected chi connectivity index (χ1v) is 9.08. The van der Waals surface area contributed by atoms with E-state index in [1.165, 1.54) is 0 Å². The highest BCUT2D eigenvalue weighted by molar-refractivity contribution is 8.76. The summed E-state index contributed by atoms with van der Waals surface area (Å²) in [6.07, 6.45) is -3.10. The van der Waals surface area contributed by atoms with Crippen LogP contribution in [0.3, 0.4) is 0 Å². The molecule has 6 nitrogen and oxygen atoms in total. The van der Waals surface area contributed by atoms with Crippen LogP contribution < -0.4 is 5.32 Å². The number of ether oxygens (including phenoxy) is 2. The van der Waals surface area contributed by atoms with E-state index in [2.05, 4.69) is 18.8 Å². The summed E-state index contributed by atoms with van der Waals surface area (Å²) >= 11 is 0. The first kappa shape index (κ1) is 16.4. The molecule has 2 aliphatic rings. The fraction of sp³-hybridized carbons (Fsp3) is 0.833. The molecule has 2 heterocycles. The van der Waals surface area contributed by atoms with Crippen LogP contribution in [0.15, 0.2) is 12.3 Å². The number of nitrogens with one attached hydrogen (secondary N) is 1. The van der Waals surface area contributed by atoms with E-state index in [1.54, 1.807) is 10.8 Å². The van der Waals surface area contributed by atoms with Crippen LogP contribution in [-0.4, -0.2) is 63.8 Å². The highest BCUT2D eigenvalue weighted by atomic mass is 33.1. The Balaban J connectivity index is 1.71. The van der Waals surface area contributed by atoms with Crippen molar-refractivity contribution in [3.05, 3.63) is 12.3 Å². The second-order valence-electron chi connectivity index (χ2n) is 4.78. The largest absolute Gasteiger partial charge is 0.386 e. The lowest BCUT2D eigenvalue weighted by molar-refractivity contribution is -0.241. The molecule has 0 aromatic carbocycles. The lowest BCUT2D eigenvalue weighted by Gasteiger charge is -2.31. The van der Waals surface area contributed by atoms with Gasteiger partial charge in [-0.05, 0) is 6.42 Å². The normalized spacial score (nSPS) is 39.2. The van der Waals surface area contributed by atoms with E-state index < -0.39 is 30.4 Å². The molecule has 4 N–H and O–H groups in total. The minimum absolute atomic E-state index is 0.540. The van der Waals surface area contributed by atoms with Crippen LogP contribution in [0.25, 0.3) is 0 Å². The minimum Gasteiger partial charge on any atom is -0.386 e. The van der Waals surface area contributed by atoms with Crippen molar-refractivity contribution in [1.29, 1.82) is 0 Å². The van der Waals surface area contributed by atoms with Crippen molar-refractivity contribution in [1.82, 2.24) is 5.32 Å². The van der Waals surface area contributed by atoms with Gasteiger partial charge in [0, 0.05) is 23.7 Å². The quantitative estimate of drug-likeness (QED) is 0.283. The van der Waals surface area contributed by atoms with Gasteiger partial charge in [0.2, 0.25) is 5.79 Å². The SMILES string of the molecule is C=C(NCCSSCCC)C1OC(O)[C@@H](O)[C@@]2(O)O[C@H]12. The van der Waals surface area contributed by atoms with Crippen LogP contribution in [0.1, 0.15) is 13.3 Å². The van der Waals surface area contributed by atoms with Gasteiger partial charge in [0.05, 0.1) is 0 Å². The van der Waals surface area contributed by atoms with Crippen LogP contribution in [0.5, 0.6) is 0 Å². The van der Waals surface area contributed by atoms with Crippen molar-refractivity contribution in [3.63, 3.8) is 0 Å². The Hall–Kier alpha value is 0.0400. The van der Waals surface area contributed by atoms with Crippen LogP contribution in [-0.2, 0) is 9.47 Å². The lowest BCUT2D eigenvalue weighted by Crippen LogP contribution is -2.53. The zero-order valence-electron chi connectivity index (χ0n) is 11.3. The number of hydrogen-bond donors (Lipinski definition) is 4. The van der Waals surface area contributed by atoms with Gasteiger partial charge in [-0.3, -0.25) is 0 Å². The highest BCUT2D eigenvalue weighted by Gasteiger charge is 2.70. The summed E-state index contributed by atoms with van der Waals surface area (Å²) in [7, 11) is 3.61. The topological polar surface area (TPSA) is 94.5 Å². The first-order valence-electron chi connectivity index (χ1n) is 6.59.